The number of aromatic nitrogens is 2. The van der Waals surface area contributed by atoms with Gasteiger partial charge in [-0.1, -0.05) is 13.8 Å². The van der Waals surface area contributed by atoms with Gasteiger partial charge in [0.05, 0.1) is 23.2 Å². The average molecular weight is 279 g/mol. The largest absolute Gasteiger partial charge is 0.481 e. The minimum Gasteiger partial charge on any atom is -0.481 e. The van der Waals surface area contributed by atoms with Gasteiger partial charge in [-0.3, -0.25) is 14.3 Å². The zero-order valence-corrected chi connectivity index (χ0v) is 12.1. The van der Waals surface area contributed by atoms with Crippen molar-refractivity contribution in [2.45, 2.75) is 33.1 Å². The van der Waals surface area contributed by atoms with Crippen LogP contribution in [0.25, 0.3) is 0 Å². The van der Waals surface area contributed by atoms with Crippen LogP contribution in [0.3, 0.4) is 0 Å². The lowest BCUT2D eigenvalue weighted by Gasteiger charge is -2.15. The summed E-state index contributed by atoms with van der Waals surface area (Å²) in [5.74, 6) is -1.84. The number of carbonyl (C=O) groups is 2. The Morgan fingerprint density at radius 3 is 2.70 bits per heavy atom. The fourth-order valence-corrected chi connectivity index (χ4v) is 2.98. The second-order valence-corrected chi connectivity index (χ2v) is 5.63. The second-order valence-electron chi connectivity index (χ2n) is 5.63. The van der Waals surface area contributed by atoms with Crippen molar-refractivity contribution in [1.29, 1.82) is 0 Å². The van der Waals surface area contributed by atoms with Crippen LogP contribution in [0.5, 0.6) is 0 Å². The van der Waals surface area contributed by atoms with Gasteiger partial charge < -0.3 is 10.4 Å². The number of aryl methyl sites for hydroxylation is 2. The number of hydrogen-bond donors (Lipinski definition) is 2. The van der Waals surface area contributed by atoms with Crippen molar-refractivity contribution in [3.05, 3.63) is 11.9 Å². The van der Waals surface area contributed by atoms with Gasteiger partial charge in [0.2, 0.25) is 5.91 Å². The van der Waals surface area contributed by atoms with Crippen LogP contribution in [0, 0.1) is 17.8 Å². The predicted molar refractivity (Wildman–Crippen MR) is 74.2 cm³/mol. The number of aliphatic carboxylic acids is 1. The van der Waals surface area contributed by atoms with Gasteiger partial charge in [0, 0.05) is 13.2 Å². The van der Waals surface area contributed by atoms with Gasteiger partial charge in [-0.2, -0.15) is 5.10 Å². The zero-order chi connectivity index (χ0) is 14.9. The highest BCUT2D eigenvalue weighted by Crippen LogP contribution is 2.37. The number of anilines is 1. The summed E-state index contributed by atoms with van der Waals surface area (Å²) in [4.78, 5) is 23.6. The molecule has 1 aromatic rings. The Morgan fingerprint density at radius 2 is 2.10 bits per heavy atom. The fraction of sp³-hybridized carbons (Fsp3) is 0.643. The molecule has 0 radical (unpaired) electrons. The van der Waals surface area contributed by atoms with Crippen molar-refractivity contribution < 1.29 is 14.7 Å². The van der Waals surface area contributed by atoms with E-state index in [-0.39, 0.29) is 11.8 Å². The number of carboxylic acids is 1. The van der Waals surface area contributed by atoms with Crippen LogP contribution in [0.4, 0.5) is 5.69 Å². The highest BCUT2D eigenvalue weighted by Gasteiger charge is 2.41. The van der Waals surface area contributed by atoms with Crippen molar-refractivity contribution in [2.75, 3.05) is 5.32 Å². The molecule has 0 saturated heterocycles. The summed E-state index contributed by atoms with van der Waals surface area (Å²) in [7, 11) is 1.80. The van der Waals surface area contributed by atoms with E-state index in [2.05, 4.69) is 10.4 Å². The van der Waals surface area contributed by atoms with E-state index in [0.29, 0.717) is 18.5 Å². The Kier molecular flexibility index (Phi) is 4.11. The first-order valence-corrected chi connectivity index (χ1v) is 6.98. The molecule has 3 atom stereocenters. The summed E-state index contributed by atoms with van der Waals surface area (Å²) < 4.78 is 1.65. The van der Waals surface area contributed by atoms with Gasteiger partial charge in [0.25, 0.3) is 0 Å². The average Bonchev–Trinajstić information content (AvgIpc) is 2.92. The van der Waals surface area contributed by atoms with Crippen LogP contribution < -0.4 is 5.32 Å². The van der Waals surface area contributed by atoms with Crippen molar-refractivity contribution >= 4 is 17.6 Å². The number of amides is 1. The minimum atomic E-state index is -0.878. The number of carbonyl (C=O) groups excluding carboxylic acids is 1. The zero-order valence-electron chi connectivity index (χ0n) is 12.1. The molecule has 6 nitrogen and oxygen atoms in total. The molecule has 0 spiro atoms. The quantitative estimate of drug-likeness (QED) is 0.878. The van der Waals surface area contributed by atoms with Gasteiger partial charge in [0.15, 0.2) is 0 Å². The molecule has 1 aliphatic carbocycles. The maximum Gasteiger partial charge on any atom is 0.307 e. The topological polar surface area (TPSA) is 84.2 Å². The molecule has 0 bridgehead atoms. The Bertz CT molecular complexity index is 524. The standard InChI is InChI=1S/C14H21N3O3/c1-4-11-12(7-17(3)16-11)15-13(18)9-5-8(2)6-10(9)14(19)20/h7-10H,4-6H2,1-3H3,(H,15,18)(H,19,20). The van der Waals surface area contributed by atoms with E-state index in [1.54, 1.807) is 17.9 Å². The lowest BCUT2D eigenvalue weighted by atomic mass is 9.95. The molecule has 1 saturated carbocycles. The van der Waals surface area contributed by atoms with Crippen LogP contribution in [0.2, 0.25) is 0 Å². The van der Waals surface area contributed by atoms with Crippen molar-refractivity contribution in [1.82, 2.24) is 9.78 Å². The van der Waals surface area contributed by atoms with Crippen LogP contribution in [-0.4, -0.2) is 26.8 Å². The molecule has 2 N–H and O–H groups in total. The van der Waals surface area contributed by atoms with Gasteiger partial charge in [-0.25, -0.2) is 0 Å². The maximum absolute atomic E-state index is 12.3. The predicted octanol–water partition coefficient (Wildman–Crippen LogP) is 1.67. The molecule has 20 heavy (non-hydrogen) atoms. The van der Waals surface area contributed by atoms with Crippen LogP contribution in [-0.2, 0) is 23.1 Å². The van der Waals surface area contributed by atoms with E-state index in [1.165, 1.54) is 0 Å². The summed E-state index contributed by atoms with van der Waals surface area (Å²) in [6.07, 6.45) is 3.68. The first-order chi connectivity index (χ1) is 9.42. The highest BCUT2D eigenvalue weighted by molar-refractivity contribution is 5.95. The molecule has 1 aliphatic rings. The van der Waals surface area contributed by atoms with E-state index in [0.717, 1.165) is 12.1 Å². The fourth-order valence-electron chi connectivity index (χ4n) is 2.98. The summed E-state index contributed by atoms with van der Waals surface area (Å²) >= 11 is 0. The highest BCUT2D eigenvalue weighted by atomic mass is 16.4. The van der Waals surface area contributed by atoms with Gasteiger partial charge in [-0.15, -0.1) is 0 Å². The van der Waals surface area contributed by atoms with Gasteiger partial charge in [0.1, 0.15) is 0 Å². The third kappa shape index (κ3) is 2.84. The van der Waals surface area contributed by atoms with E-state index >= 15 is 0 Å². The molecule has 6 heteroatoms. The SMILES string of the molecule is CCc1nn(C)cc1NC(=O)C1CC(C)CC1C(=O)O. The first-order valence-electron chi connectivity index (χ1n) is 6.98. The first kappa shape index (κ1) is 14.6. The third-order valence-corrected chi connectivity index (χ3v) is 3.95. The molecule has 110 valence electrons. The summed E-state index contributed by atoms with van der Waals surface area (Å²) in [5, 5.41) is 16.3. The van der Waals surface area contributed by atoms with E-state index in [1.807, 2.05) is 13.8 Å². The maximum atomic E-state index is 12.3. The summed E-state index contributed by atoms with van der Waals surface area (Å²) in [6, 6.07) is 0. The molecule has 0 aliphatic heterocycles. The van der Waals surface area contributed by atoms with E-state index < -0.39 is 17.8 Å². The van der Waals surface area contributed by atoms with Gasteiger partial charge >= 0.3 is 5.97 Å². The Labute approximate surface area is 118 Å². The van der Waals surface area contributed by atoms with Crippen LogP contribution in [0.15, 0.2) is 6.20 Å². The Morgan fingerprint density at radius 1 is 1.45 bits per heavy atom. The smallest absolute Gasteiger partial charge is 0.307 e. The number of hydrogen-bond acceptors (Lipinski definition) is 3. The summed E-state index contributed by atoms with van der Waals surface area (Å²) in [6.45, 7) is 3.96. The lowest BCUT2D eigenvalue weighted by molar-refractivity contribution is -0.145. The lowest BCUT2D eigenvalue weighted by Crippen LogP contribution is -2.30. The normalized spacial score (nSPS) is 25.6. The number of carboxylic acid groups (broad SMARTS) is 1. The van der Waals surface area contributed by atoms with Crippen LogP contribution in [0.1, 0.15) is 32.4 Å². The molecule has 2 rings (SSSR count). The molecule has 1 aromatic heterocycles. The van der Waals surface area contributed by atoms with E-state index in [4.69, 9.17) is 0 Å². The molecular formula is C14H21N3O3. The van der Waals surface area contributed by atoms with Crippen LogP contribution >= 0.6 is 0 Å². The Balaban J connectivity index is 2.13. The molecular weight excluding hydrogens is 258 g/mol. The minimum absolute atomic E-state index is 0.204. The van der Waals surface area contributed by atoms with Crippen molar-refractivity contribution in [2.24, 2.45) is 24.8 Å². The molecule has 3 unspecified atom stereocenters. The molecule has 1 heterocycles. The third-order valence-electron chi connectivity index (χ3n) is 3.95. The van der Waals surface area contributed by atoms with Crippen molar-refractivity contribution in [3.8, 4) is 0 Å². The number of nitrogens with zero attached hydrogens (tertiary/aromatic N) is 2. The molecule has 1 fully saturated rings. The number of rotatable bonds is 4. The number of nitrogens with one attached hydrogen (secondary N) is 1. The Hall–Kier alpha value is -1.85. The van der Waals surface area contributed by atoms with Crippen molar-refractivity contribution in [3.63, 3.8) is 0 Å². The molecule has 0 aromatic carbocycles. The second kappa shape index (κ2) is 5.64. The van der Waals surface area contributed by atoms with Gasteiger partial charge in [-0.05, 0) is 25.2 Å². The molecule has 1 amide bonds. The van der Waals surface area contributed by atoms with E-state index in [9.17, 15) is 14.7 Å². The monoisotopic (exact) mass is 279 g/mol. The summed E-state index contributed by atoms with van der Waals surface area (Å²) in [5.41, 5.74) is 1.50.